The van der Waals surface area contributed by atoms with Crippen LogP contribution in [0.1, 0.15) is 16.1 Å². The zero-order chi connectivity index (χ0) is 14.0. The Kier molecular flexibility index (Phi) is 3.52. The molecule has 7 heteroatoms. The number of guanidine groups is 1. The molecule has 1 aromatic heterocycles. The SMILES string of the molecule is Cc1[nH]ncc1C(=O)N(C(=N)N)c1cccc(Cl)c1. The Labute approximate surface area is 114 Å². The monoisotopic (exact) mass is 277 g/mol. The van der Waals surface area contributed by atoms with E-state index in [9.17, 15) is 4.79 Å². The Morgan fingerprint density at radius 2 is 2.26 bits per heavy atom. The second kappa shape index (κ2) is 5.11. The number of amides is 1. The van der Waals surface area contributed by atoms with E-state index in [1.54, 1.807) is 31.2 Å². The van der Waals surface area contributed by atoms with E-state index < -0.39 is 5.91 Å². The molecule has 1 aromatic carbocycles. The number of aromatic nitrogens is 2. The summed E-state index contributed by atoms with van der Waals surface area (Å²) < 4.78 is 0. The van der Waals surface area contributed by atoms with Crippen LogP contribution in [0.4, 0.5) is 5.69 Å². The van der Waals surface area contributed by atoms with Gasteiger partial charge in [0, 0.05) is 10.7 Å². The van der Waals surface area contributed by atoms with E-state index in [0.29, 0.717) is 22.0 Å². The fourth-order valence-electron chi connectivity index (χ4n) is 1.67. The quantitative estimate of drug-likeness (QED) is 0.577. The predicted molar refractivity (Wildman–Crippen MR) is 73.5 cm³/mol. The first-order valence-electron chi connectivity index (χ1n) is 5.44. The maximum Gasteiger partial charge on any atom is 0.268 e. The number of hydrogen-bond acceptors (Lipinski definition) is 3. The lowest BCUT2D eigenvalue weighted by molar-refractivity contribution is 0.100. The van der Waals surface area contributed by atoms with Crippen LogP contribution in [0.2, 0.25) is 5.02 Å². The average molecular weight is 278 g/mol. The number of carbonyl (C=O) groups excluding carboxylic acids is 1. The van der Waals surface area contributed by atoms with Crippen LogP contribution in [0.25, 0.3) is 0 Å². The zero-order valence-corrected chi connectivity index (χ0v) is 10.9. The fraction of sp³-hybridized carbons (Fsp3) is 0.0833. The van der Waals surface area contributed by atoms with E-state index in [1.807, 2.05) is 0 Å². The highest BCUT2D eigenvalue weighted by atomic mass is 35.5. The molecule has 2 aromatic rings. The third-order valence-electron chi connectivity index (χ3n) is 2.57. The van der Waals surface area contributed by atoms with Crippen LogP contribution in [-0.2, 0) is 0 Å². The van der Waals surface area contributed by atoms with Gasteiger partial charge in [0.15, 0.2) is 5.96 Å². The summed E-state index contributed by atoms with van der Waals surface area (Å²) in [7, 11) is 0. The van der Waals surface area contributed by atoms with Crippen LogP contribution in [0.5, 0.6) is 0 Å². The van der Waals surface area contributed by atoms with Gasteiger partial charge in [0.2, 0.25) is 0 Å². The molecule has 0 spiro atoms. The van der Waals surface area contributed by atoms with Crippen LogP contribution >= 0.6 is 11.6 Å². The van der Waals surface area contributed by atoms with E-state index in [1.165, 1.54) is 6.20 Å². The molecular weight excluding hydrogens is 266 g/mol. The van der Waals surface area contributed by atoms with Crippen LogP contribution in [0.15, 0.2) is 30.5 Å². The van der Waals surface area contributed by atoms with Crippen molar-refractivity contribution in [3.8, 4) is 0 Å². The van der Waals surface area contributed by atoms with Crippen LogP contribution in [0.3, 0.4) is 0 Å². The summed E-state index contributed by atoms with van der Waals surface area (Å²) in [5.74, 6) is -0.811. The molecule has 1 amide bonds. The van der Waals surface area contributed by atoms with Crippen molar-refractivity contribution in [2.24, 2.45) is 5.73 Å². The molecule has 98 valence electrons. The second-order valence-electron chi connectivity index (χ2n) is 3.91. The molecule has 1 heterocycles. The molecule has 0 aliphatic carbocycles. The molecule has 0 saturated carbocycles. The normalized spacial score (nSPS) is 10.2. The third-order valence-corrected chi connectivity index (χ3v) is 2.81. The van der Waals surface area contributed by atoms with Crippen molar-refractivity contribution >= 4 is 29.2 Å². The average Bonchev–Trinajstić information content (AvgIpc) is 2.75. The molecule has 0 atom stereocenters. The summed E-state index contributed by atoms with van der Waals surface area (Å²) in [6, 6.07) is 6.58. The van der Waals surface area contributed by atoms with Crippen molar-refractivity contribution in [3.63, 3.8) is 0 Å². The number of carbonyl (C=O) groups is 1. The van der Waals surface area contributed by atoms with Gasteiger partial charge in [0.05, 0.1) is 17.4 Å². The third kappa shape index (κ3) is 2.58. The predicted octanol–water partition coefficient (Wildman–Crippen LogP) is 1.91. The number of benzene rings is 1. The lowest BCUT2D eigenvalue weighted by Crippen LogP contribution is -2.41. The highest BCUT2D eigenvalue weighted by molar-refractivity contribution is 6.31. The van der Waals surface area contributed by atoms with Gasteiger partial charge in [0.25, 0.3) is 5.91 Å². The first-order chi connectivity index (χ1) is 9.00. The standard InChI is InChI=1S/C12H12ClN5O/c1-7-10(6-16-17-7)11(19)18(12(14)15)9-4-2-3-8(13)5-9/h2-6H,1H3,(H3,14,15)(H,16,17). The summed E-state index contributed by atoms with van der Waals surface area (Å²) in [6.45, 7) is 1.72. The van der Waals surface area contributed by atoms with Gasteiger partial charge >= 0.3 is 0 Å². The minimum absolute atomic E-state index is 0.357. The van der Waals surface area contributed by atoms with Crippen molar-refractivity contribution in [3.05, 3.63) is 46.7 Å². The molecule has 0 aliphatic rings. The Bertz CT molecular complexity index is 637. The Morgan fingerprint density at radius 3 is 2.79 bits per heavy atom. The number of aryl methyl sites for hydroxylation is 1. The van der Waals surface area contributed by atoms with Crippen molar-refractivity contribution in [2.75, 3.05) is 4.90 Å². The highest BCUT2D eigenvalue weighted by Crippen LogP contribution is 2.21. The van der Waals surface area contributed by atoms with E-state index >= 15 is 0 Å². The van der Waals surface area contributed by atoms with Gasteiger partial charge in [-0.15, -0.1) is 0 Å². The molecule has 2 rings (SSSR count). The van der Waals surface area contributed by atoms with Crippen molar-refractivity contribution < 1.29 is 4.79 Å². The summed E-state index contributed by atoms with van der Waals surface area (Å²) in [5, 5.41) is 14.5. The van der Waals surface area contributed by atoms with Gasteiger partial charge in [-0.3, -0.25) is 15.3 Å². The maximum absolute atomic E-state index is 12.4. The molecular formula is C12H12ClN5O. The first kappa shape index (κ1) is 13.1. The van der Waals surface area contributed by atoms with E-state index in [4.69, 9.17) is 22.7 Å². The summed E-state index contributed by atoms with van der Waals surface area (Å²) in [5.41, 5.74) is 6.89. The molecule has 6 nitrogen and oxygen atoms in total. The summed E-state index contributed by atoms with van der Waals surface area (Å²) >= 11 is 5.89. The van der Waals surface area contributed by atoms with E-state index in [0.717, 1.165) is 4.90 Å². The topological polar surface area (TPSA) is 98.9 Å². The molecule has 0 saturated heterocycles. The van der Waals surface area contributed by atoms with Gasteiger partial charge in [0.1, 0.15) is 0 Å². The van der Waals surface area contributed by atoms with Crippen LogP contribution in [0, 0.1) is 12.3 Å². The second-order valence-corrected chi connectivity index (χ2v) is 4.35. The van der Waals surface area contributed by atoms with Gasteiger partial charge in [-0.1, -0.05) is 17.7 Å². The lowest BCUT2D eigenvalue weighted by atomic mass is 10.2. The number of H-pyrrole nitrogens is 1. The van der Waals surface area contributed by atoms with Crippen LogP contribution in [-0.4, -0.2) is 22.1 Å². The maximum atomic E-state index is 12.4. The number of aromatic amines is 1. The first-order valence-corrected chi connectivity index (χ1v) is 5.82. The molecule has 4 N–H and O–H groups in total. The number of anilines is 1. The largest absolute Gasteiger partial charge is 0.369 e. The minimum atomic E-state index is -0.430. The lowest BCUT2D eigenvalue weighted by Gasteiger charge is -2.20. The number of hydrogen-bond donors (Lipinski definition) is 3. The van der Waals surface area contributed by atoms with Gasteiger partial charge in [-0.2, -0.15) is 5.10 Å². The molecule has 0 aliphatic heterocycles. The number of rotatable bonds is 2. The molecule has 0 fully saturated rings. The van der Waals surface area contributed by atoms with Gasteiger partial charge in [-0.25, -0.2) is 4.90 Å². The summed E-state index contributed by atoms with van der Waals surface area (Å²) in [4.78, 5) is 13.5. The number of nitrogens with one attached hydrogen (secondary N) is 2. The van der Waals surface area contributed by atoms with E-state index in [2.05, 4.69) is 10.2 Å². The van der Waals surface area contributed by atoms with Crippen molar-refractivity contribution in [1.82, 2.24) is 10.2 Å². The number of halogens is 1. The van der Waals surface area contributed by atoms with Crippen molar-refractivity contribution in [2.45, 2.75) is 6.92 Å². The molecule has 0 bridgehead atoms. The Morgan fingerprint density at radius 1 is 1.53 bits per heavy atom. The molecule has 19 heavy (non-hydrogen) atoms. The summed E-state index contributed by atoms with van der Waals surface area (Å²) in [6.07, 6.45) is 1.40. The van der Waals surface area contributed by atoms with Crippen LogP contribution < -0.4 is 10.6 Å². The highest BCUT2D eigenvalue weighted by Gasteiger charge is 2.23. The smallest absolute Gasteiger partial charge is 0.268 e. The fourth-order valence-corrected chi connectivity index (χ4v) is 1.85. The Hall–Kier alpha value is -2.34. The minimum Gasteiger partial charge on any atom is -0.369 e. The number of nitrogens with two attached hydrogens (primary N) is 1. The van der Waals surface area contributed by atoms with Gasteiger partial charge in [-0.05, 0) is 25.1 Å². The van der Waals surface area contributed by atoms with Gasteiger partial charge < -0.3 is 5.73 Å². The zero-order valence-electron chi connectivity index (χ0n) is 10.1. The Balaban J connectivity index is 2.45. The molecule has 0 radical (unpaired) electrons. The van der Waals surface area contributed by atoms with E-state index in [-0.39, 0.29) is 5.96 Å². The number of nitrogens with zero attached hydrogens (tertiary/aromatic N) is 2. The molecule has 0 unspecified atom stereocenters. The van der Waals surface area contributed by atoms with Crippen molar-refractivity contribution in [1.29, 1.82) is 5.41 Å².